The second-order valence-electron chi connectivity index (χ2n) is 4.40. The van der Waals surface area contributed by atoms with E-state index in [1.165, 1.54) is 18.2 Å². The average Bonchev–Trinajstić information content (AvgIpc) is 2.39. The Morgan fingerprint density at radius 2 is 2.00 bits per heavy atom. The maximum Gasteiger partial charge on any atom is 0.270 e. The molecular formula is C11H15N3O4S. The van der Waals surface area contributed by atoms with Crippen molar-refractivity contribution >= 4 is 15.7 Å². The second kappa shape index (κ2) is 5.64. The van der Waals surface area contributed by atoms with E-state index in [1.807, 2.05) is 0 Å². The summed E-state index contributed by atoms with van der Waals surface area (Å²) in [4.78, 5) is 9.98. The molecule has 0 aliphatic carbocycles. The molecule has 0 atom stereocenters. The molecule has 104 valence electrons. The van der Waals surface area contributed by atoms with Gasteiger partial charge in [-0.05, 0) is 32.0 Å². The molecule has 0 bridgehead atoms. The van der Waals surface area contributed by atoms with E-state index < -0.39 is 14.9 Å². The van der Waals surface area contributed by atoms with E-state index in [0.717, 1.165) is 19.2 Å². The first-order valence-corrected chi connectivity index (χ1v) is 7.45. The molecule has 19 heavy (non-hydrogen) atoms. The number of hydrogen-bond donors (Lipinski definition) is 2. The molecule has 8 heteroatoms. The Morgan fingerprint density at radius 1 is 1.32 bits per heavy atom. The van der Waals surface area contributed by atoms with Crippen molar-refractivity contribution in [1.29, 1.82) is 0 Å². The van der Waals surface area contributed by atoms with E-state index in [9.17, 15) is 18.5 Å². The molecule has 2 rings (SSSR count). The van der Waals surface area contributed by atoms with E-state index >= 15 is 0 Å². The summed E-state index contributed by atoms with van der Waals surface area (Å²) in [6, 6.07) is 4.95. The minimum atomic E-state index is -3.70. The Bertz CT molecular complexity index is 567. The molecule has 1 aromatic carbocycles. The minimum Gasteiger partial charge on any atom is -0.317 e. The standard InChI is InChI=1S/C11H15N3O4S/c15-14(16)10-2-1-3-11(8-10)19(17,18)13-9-4-6-12-7-5-9/h1-3,8-9,12-13H,4-7H2. The monoisotopic (exact) mass is 285 g/mol. The van der Waals surface area contributed by atoms with Gasteiger partial charge in [-0.2, -0.15) is 0 Å². The maximum atomic E-state index is 12.1. The molecule has 0 aromatic heterocycles. The van der Waals surface area contributed by atoms with Crippen LogP contribution in [0.25, 0.3) is 0 Å². The number of nitro groups is 1. The van der Waals surface area contributed by atoms with Gasteiger partial charge in [0, 0.05) is 18.2 Å². The second-order valence-corrected chi connectivity index (χ2v) is 6.11. The lowest BCUT2D eigenvalue weighted by atomic mass is 10.1. The molecule has 1 aliphatic rings. The van der Waals surface area contributed by atoms with Crippen molar-refractivity contribution in [2.75, 3.05) is 13.1 Å². The quantitative estimate of drug-likeness (QED) is 0.624. The first-order valence-electron chi connectivity index (χ1n) is 5.96. The maximum absolute atomic E-state index is 12.1. The third-order valence-electron chi connectivity index (χ3n) is 3.00. The van der Waals surface area contributed by atoms with Crippen LogP contribution in [0, 0.1) is 10.1 Å². The lowest BCUT2D eigenvalue weighted by Gasteiger charge is -2.23. The lowest BCUT2D eigenvalue weighted by Crippen LogP contribution is -2.42. The van der Waals surface area contributed by atoms with Crippen LogP contribution in [0.1, 0.15) is 12.8 Å². The van der Waals surface area contributed by atoms with Crippen molar-refractivity contribution in [3.63, 3.8) is 0 Å². The number of nitrogens with zero attached hydrogens (tertiary/aromatic N) is 1. The number of nitro benzene ring substituents is 1. The molecule has 1 aliphatic heterocycles. The van der Waals surface area contributed by atoms with Crippen molar-refractivity contribution in [3.05, 3.63) is 34.4 Å². The Hall–Kier alpha value is -1.51. The van der Waals surface area contributed by atoms with Crippen LogP contribution in [0.2, 0.25) is 0 Å². The fourth-order valence-corrected chi connectivity index (χ4v) is 3.34. The van der Waals surface area contributed by atoms with Crippen LogP contribution in [-0.2, 0) is 10.0 Å². The van der Waals surface area contributed by atoms with Crippen molar-refractivity contribution in [1.82, 2.24) is 10.0 Å². The zero-order chi connectivity index (χ0) is 13.9. The van der Waals surface area contributed by atoms with Gasteiger partial charge in [-0.15, -0.1) is 0 Å². The van der Waals surface area contributed by atoms with Crippen molar-refractivity contribution < 1.29 is 13.3 Å². The van der Waals surface area contributed by atoms with E-state index in [2.05, 4.69) is 10.0 Å². The van der Waals surface area contributed by atoms with Crippen LogP contribution >= 0.6 is 0 Å². The zero-order valence-electron chi connectivity index (χ0n) is 10.2. The zero-order valence-corrected chi connectivity index (χ0v) is 11.0. The molecule has 0 spiro atoms. The van der Waals surface area contributed by atoms with Gasteiger partial charge >= 0.3 is 0 Å². The molecule has 1 heterocycles. The summed E-state index contributed by atoms with van der Waals surface area (Å²) < 4.78 is 26.8. The third-order valence-corrected chi connectivity index (χ3v) is 4.52. The SMILES string of the molecule is O=[N+]([O-])c1cccc(S(=O)(=O)NC2CCNCC2)c1. The summed E-state index contributed by atoms with van der Waals surface area (Å²) in [5.74, 6) is 0. The number of rotatable bonds is 4. The minimum absolute atomic E-state index is 0.0692. The fourth-order valence-electron chi connectivity index (χ4n) is 1.99. The summed E-state index contributed by atoms with van der Waals surface area (Å²) >= 11 is 0. The van der Waals surface area contributed by atoms with Crippen molar-refractivity contribution in [3.8, 4) is 0 Å². The highest BCUT2D eigenvalue weighted by Gasteiger charge is 2.23. The van der Waals surface area contributed by atoms with Crippen LogP contribution < -0.4 is 10.0 Å². The normalized spacial score (nSPS) is 17.3. The highest BCUT2D eigenvalue weighted by Crippen LogP contribution is 2.18. The smallest absolute Gasteiger partial charge is 0.270 e. The Labute approximate surface area is 111 Å². The topological polar surface area (TPSA) is 101 Å². The fraction of sp³-hybridized carbons (Fsp3) is 0.455. The lowest BCUT2D eigenvalue weighted by molar-refractivity contribution is -0.385. The van der Waals surface area contributed by atoms with Crippen LogP contribution in [-0.4, -0.2) is 32.5 Å². The van der Waals surface area contributed by atoms with Crippen molar-refractivity contribution in [2.24, 2.45) is 0 Å². The molecule has 0 amide bonds. The van der Waals surface area contributed by atoms with Gasteiger partial charge in [-0.1, -0.05) is 6.07 Å². The highest BCUT2D eigenvalue weighted by atomic mass is 32.2. The summed E-state index contributed by atoms with van der Waals surface area (Å²) in [6.07, 6.45) is 1.43. The summed E-state index contributed by atoms with van der Waals surface area (Å²) in [5.41, 5.74) is -0.229. The summed E-state index contributed by atoms with van der Waals surface area (Å²) in [5, 5.41) is 13.8. The number of piperidine rings is 1. The van der Waals surface area contributed by atoms with Crippen LogP contribution in [0.4, 0.5) is 5.69 Å². The molecule has 1 aromatic rings. The van der Waals surface area contributed by atoms with Crippen LogP contribution in [0.5, 0.6) is 0 Å². The first-order chi connectivity index (χ1) is 8.99. The predicted octanol–water partition coefficient (Wildman–Crippen LogP) is 0.625. The van der Waals surface area contributed by atoms with Gasteiger partial charge in [0.1, 0.15) is 0 Å². The highest BCUT2D eigenvalue weighted by molar-refractivity contribution is 7.89. The first kappa shape index (κ1) is 13.9. The number of sulfonamides is 1. The Morgan fingerprint density at radius 3 is 2.63 bits per heavy atom. The van der Waals surface area contributed by atoms with Gasteiger partial charge in [0.05, 0.1) is 9.82 Å². The van der Waals surface area contributed by atoms with Crippen LogP contribution in [0.3, 0.4) is 0 Å². The van der Waals surface area contributed by atoms with E-state index in [-0.39, 0.29) is 16.6 Å². The van der Waals surface area contributed by atoms with Gasteiger partial charge in [0.2, 0.25) is 10.0 Å². The van der Waals surface area contributed by atoms with Gasteiger partial charge in [-0.3, -0.25) is 10.1 Å². The van der Waals surface area contributed by atoms with Gasteiger partial charge in [0.25, 0.3) is 5.69 Å². The van der Waals surface area contributed by atoms with Crippen LogP contribution in [0.15, 0.2) is 29.2 Å². The van der Waals surface area contributed by atoms with E-state index in [1.54, 1.807) is 0 Å². The summed E-state index contributed by atoms with van der Waals surface area (Å²) in [7, 11) is -3.70. The third kappa shape index (κ3) is 3.49. The summed E-state index contributed by atoms with van der Waals surface area (Å²) in [6.45, 7) is 1.53. The number of hydrogen-bond acceptors (Lipinski definition) is 5. The molecule has 0 saturated carbocycles. The number of nitrogens with one attached hydrogen (secondary N) is 2. The molecule has 7 nitrogen and oxygen atoms in total. The van der Waals surface area contributed by atoms with Gasteiger partial charge in [0.15, 0.2) is 0 Å². The largest absolute Gasteiger partial charge is 0.317 e. The van der Waals surface area contributed by atoms with Crippen molar-refractivity contribution in [2.45, 2.75) is 23.8 Å². The van der Waals surface area contributed by atoms with E-state index in [0.29, 0.717) is 12.8 Å². The number of benzene rings is 1. The molecule has 0 radical (unpaired) electrons. The Balaban J connectivity index is 2.18. The number of non-ortho nitro benzene ring substituents is 1. The van der Waals surface area contributed by atoms with Gasteiger partial charge < -0.3 is 5.32 Å². The molecule has 0 unspecified atom stereocenters. The molecule has 1 fully saturated rings. The molecular weight excluding hydrogens is 270 g/mol. The van der Waals surface area contributed by atoms with Gasteiger partial charge in [-0.25, -0.2) is 13.1 Å². The Kier molecular flexibility index (Phi) is 4.13. The molecule has 2 N–H and O–H groups in total. The molecule has 1 saturated heterocycles. The van der Waals surface area contributed by atoms with E-state index in [4.69, 9.17) is 0 Å². The predicted molar refractivity (Wildman–Crippen MR) is 69.3 cm³/mol. The average molecular weight is 285 g/mol.